The second-order valence-corrected chi connectivity index (χ2v) is 5.77. The highest BCUT2D eigenvalue weighted by Gasteiger charge is 2.26. The lowest BCUT2D eigenvalue weighted by atomic mass is 10.0. The van der Waals surface area contributed by atoms with Crippen LogP contribution in [0, 0.1) is 5.92 Å². The summed E-state index contributed by atoms with van der Waals surface area (Å²) < 4.78 is 0. The number of likely N-dealkylation sites (N-methyl/N-ethyl adjacent to an activating group) is 2. The van der Waals surface area contributed by atoms with Crippen LogP contribution >= 0.6 is 11.8 Å². The molecule has 1 saturated heterocycles. The molecule has 0 spiro atoms. The summed E-state index contributed by atoms with van der Waals surface area (Å²) in [5.74, 6) is 1.37. The van der Waals surface area contributed by atoms with E-state index in [-0.39, 0.29) is 5.92 Å². The minimum atomic E-state index is 0.146. The van der Waals surface area contributed by atoms with E-state index in [0.29, 0.717) is 11.9 Å². The first kappa shape index (κ1) is 13.8. The molecule has 1 heterocycles. The van der Waals surface area contributed by atoms with E-state index in [9.17, 15) is 4.79 Å². The van der Waals surface area contributed by atoms with Gasteiger partial charge in [-0.25, -0.2) is 0 Å². The third-order valence-corrected chi connectivity index (χ3v) is 4.17. The Morgan fingerprint density at radius 1 is 1.62 bits per heavy atom. The van der Waals surface area contributed by atoms with Crippen molar-refractivity contribution in [3.05, 3.63) is 0 Å². The highest BCUT2D eigenvalue weighted by atomic mass is 32.2. The second kappa shape index (κ2) is 6.50. The smallest absolute Gasteiger partial charge is 0.226 e. The Kier molecular flexibility index (Phi) is 5.62. The van der Waals surface area contributed by atoms with Gasteiger partial charge in [0.05, 0.1) is 0 Å². The van der Waals surface area contributed by atoms with Gasteiger partial charge in [0.2, 0.25) is 5.91 Å². The lowest BCUT2D eigenvalue weighted by Crippen LogP contribution is -2.48. The van der Waals surface area contributed by atoms with Gasteiger partial charge in [-0.15, -0.1) is 0 Å². The number of thioether (sulfide) groups is 1. The molecule has 0 saturated carbocycles. The number of nitrogens with zero attached hydrogens (tertiary/aromatic N) is 2. The number of carbonyl (C=O) groups is 1. The van der Waals surface area contributed by atoms with Crippen molar-refractivity contribution in [2.75, 3.05) is 39.2 Å². The van der Waals surface area contributed by atoms with Crippen LogP contribution in [0.15, 0.2) is 0 Å². The lowest BCUT2D eigenvalue weighted by Gasteiger charge is -2.36. The molecule has 4 heteroatoms. The summed E-state index contributed by atoms with van der Waals surface area (Å²) in [5, 5.41) is 0. The van der Waals surface area contributed by atoms with Gasteiger partial charge in [-0.3, -0.25) is 4.79 Å². The number of likely N-dealkylation sites (tertiary alicyclic amines) is 1. The van der Waals surface area contributed by atoms with E-state index in [0.717, 1.165) is 18.7 Å². The lowest BCUT2D eigenvalue weighted by molar-refractivity contribution is -0.136. The van der Waals surface area contributed by atoms with E-state index in [1.807, 2.05) is 18.9 Å². The van der Waals surface area contributed by atoms with Crippen molar-refractivity contribution in [2.45, 2.75) is 25.8 Å². The Morgan fingerprint density at radius 3 is 2.88 bits per heavy atom. The molecule has 2 atom stereocenters. The first-order chi connectivity index (χ1) is 7.56. The number of amides is 1. The topological polar surface area (TPSA) is 23.6 Å². The van der Waals surface area contributed by atoms with Crippen LogP contribution in [0.25, 0.3) is 0 Å². The Labute approximate surface area is 104 Å². The zero-order valence-electron chi connectivity index (χ0n) is 10.9. The maximum Gasteiger partial charge on any atom is 0.226 e. The van der Waals surface area contributed by atoms with Gasteiger partial charge in [0.1, 0.15) is 0 Å². The van der Waals surface area contributed by atoms with E-state index < -0.39 is 0 Å². The minimum absolute atomic E-state index is 0.146. The van der Waals surface area contributed by atoms with Gasteiger partial charge in [0.15, 0.2) is 0 Å². The first-order valence-corrected chi connectivity index (χ1v) is 7.39. The quantitative estimate of drug-likeness (QED) is 0.749. The highest BCUT2D eigenvalue weighted by Crippen LogP contribution is 2.16. The van der Waals surface area contributed by atoms with Crippen LogP contribution < -0.4 is 0 Å². The van der Waals surface area contributed by atoms with Crippen molar-refractivity contribution in [3.63, 3.8) is 0 Å². The van der Waals surface area contributed by atoms with Gasteiger partial charge in [-0.2, -0.15) is 11.8 Å². The van der Waals surface area contributed by atoms with E-state index in [4.69, 9.17) is 0 Å². The minimum Gasteiger partial charge on any atom is -0.341 e. The zero-order valence-corrected chi connectivity index (χ0v) is 11.7. The standard InChI is InChI=1S/C12H24N2OS/c1-10(9-16-4)12(15)14(3)11-6-5-7-13(2)8-11/h10-11H,5-9H2,1-4H3/t10-,11+/m1/s1. The van der Waals surface area contributed by atoms with Crippen molar-refractivity contribution in [2.24, 2.45) is 5.92 Å². The molecule has 1 amide bonds. The van der Waals surface area contributed by atoms with E-state index in [1.165, 1.54) is 13.0 Å². The Balaban J connectivity index is 2.48. The molecule has 0 aromatic rings. The van der Waals surface area contributed by atoms with Crippen molar-refractivity contribution in [3.8, 4) is 0 Å². The molecule has 0 aromatic heterocycles. The van der Waals surface area contributed by atoms with Crippen LogP contribution in [0.1, 0.15) is 19.8 Å². The fourth-order valence-electron chi connectivity index (χ4n) is 2.30. The summed E-state index contributed by atoms with van der Waals surface area (Å²) in [6, 6.07) is 0.413. The van der Waals surface area contributed by atoms with Crippen molar-refractivity contribution < 1.29 is 4.79 Å². The van der Waals surface area contributed by atoms with Gasteiger partial charge in [-0.1, -0.05) is 6.92 Å². The van der Waals surface area contributed by atoms with Gasteiger partial charge >= 0.3 is 0 Å². The highest BCUT2D eigenvalue weighted by molar-refractivity contribution is 7.98. The van der Waals surface area contributed by atoms with Crippen molar-refractivity contribution in [1.29, 1.82) is 0 Å². The SMILES string of the molecule is CSC[C@@H](C)C(=O)N(C)[C@H]1CCCN(C)C1. The molecule has 1 aliphatic heterocycles. The normalized spacial score (nSPS) is 24.1. The fraction of sp³-hybridized carbons (Fsp3) is 0.917. The molecular weight excluding hydrogens is 220 g/mol. The summed E-state index contributed by atoms with van der Waals surface area (Å²) in [7, 11) is 4.10. The monoisotopic (exact) mass is 244 g/mol. The predicted octanol–water partition coefficient (Wildman–Crippen LogP) is 1.54. The Bertz CT molecular complexity index is 235. The van der Waals surface area contributed by atoms with Gasteiger partial charge in [-0.05, 0) is 32.7 Å². The van der Waals surface area contributed by atoms with Crippen LogP contribution in [0.3, 0.4) is 0 Å². The van der Waals surface area contributed by atoms with Crippen molar-refractivity contribution in [1.82, 2.24) is 9.80 Å². The van der Waals surface area contributed by atoms with E-state index in [2.05, 4.69) is 18.2 Å². The molecule has 0 N–H and O–H groups in total. The average molecular weight is 244 g/mol. The number of hydrogen-bond donors (Lipinski definition) is 0. The maximum atomic E-state index is 12.1. The second-order valence-electron chi connectivity index (χ2n) is 4.86. The summed E-state index contributed by atoms with van der Waals surface area (Å²) in [6.45, 7) is 4.22. The molecule has 1 fully saturated rings. The van der Waals surface area contributed by atoms with Crippen LogP contribution in [0.5, 0.6) is 0 Å². The molecule has 1 rings (SSSR count). The van der Waals surface area contributed by atoms with Crippen LogP contribution in [0.4, 0.5) is 0 Å². The van der Waals surface area contributed by atoms with Crippen LogP contribution in [-0.2, 0) is 4.79 Å². The molecule has 3 nitrogen and oxygen atoms in total. The van der Waals surface area contributed by atoms with Gasteiger partial charge in [0.25, 0.3) is 0 Å². The summed E-state index contributed by atoms with van der Waals surface area (Å²) in [6.07, 6.45) is 4.41. The first-order valence-electron chi connectivity index (χ1n) is 6.00. The predicted molar refractivity (Wildman–Crippen MR) is 70.8 cm³/mol. The molecule has 16 heavy (non-hydrogen) atoms. The third kappa shape index (κ3) is 3.67. The number of carbonyl (C=O) groups excluding carboxylic acids is 1. The maximum absolute atomic E-state index is 12.1. The number of piperidine rings is 1. The molecule has 0 aliphatic carbocycles. The van der Waals surface area contributed by atoms with Crippen LogP contribution in [0.2, 0.25) is 0 Å². The fourth-order valence-corrected chi connectivity index (χ4v) is 2.95. The van der Waals surface area contributed by atoms with Crippen LogP contribution in [-0.4, -0.2) is 60.9 Å². The largest absolute Gasteiger partial charge is 0.341 e. The molecule has 0 bridgehead atoms. The third-order valence-electron chi connectivity index (χ3n) is 3.33. The number of rotatable bonds is 4. The van der Waals surface area contributed by atoms with E-state index in [1.54, 1.807) is 11.8 Å². The molecule has 94 valence electrons. The average Bonchev–Trinajstić information content (AvgIpc) is 2.27. The van der Waals surface area contributed by atoms with Gasteiger partial charge in [0, 0.05) is 31.3 Å². The molecule has 0 aromatic carbocycles. The molecular formula is C12H24N2OS. The summed E-state index contributed by atoms with van der Waals surface area (Å²) in [5.41, 5.74) is 0. The Hall–Kier alpha value is -0.220. The van der Waals surface area contributed by atoms with Crippen molar-refractivity contribution >= 4 is 17.7 Å². The Morgan fingerprint density at radius 2 is 2.31 bits per heavy atom. The summed E-state index contributed by atoms with van der Waals surface area (Å²) >= 11 is 1.74. The van der Waals surface area contributed by atoms with E-state index >= 15 is 0 Å². The summed E-state index contributed by atoms with van der Waals surface area (Å²) in [4.78, 5) is 16.4. The molecule has 0 unspecified atom stereocenters. The zero-order chi connectivity index (χ0) is 12.1. The molecule has 1 aliphatic rings. The number of hydrogen-bond acceptors (Lipinski definition) is 3. The molecule has 0 radical (unpaired) electrons. The van der Waals surface area contributed by atoms with Gasteiger partial charge < -0.3 is 9.80 Å².